The lowest BCUT2D eigenvalue weighted by Gasteiger charge is -2.02. The van der Waals surface area contributed by atoms with E-state index in [1.165, 1.54) is 12.1 Å². The Morgan fingerprint density at radius 3 is 2.71 bits per heavy atom. The molecular formula is C16H17FN2O2. The van der Waals surface area contributed by atoms with E-state index in [2.05, 4.69) is 10.3 Å². The topological polar surface area (TPSA) is 55.1 Å². The number of carbonyl (C=O) groups is 1. The Kier molecular flexibility index (Phi) is 3.49. The second kappa shape index (κ2) is 5.31. The van der Waals surface area contributed by atoms with Crippen molar-refractivity contribution in [1.29, 1.82) is 0 Å². The number of nitrogens with one attached hydrogen (secondary N) is 1. The second-order valence-electron chi connectivity index (χ2n) is 5.47. The molecule has 2 aromatic rings. The molecule has 0 aliphatic heterocycles. The van der Waals surface area contributed by atoms with Crippen LogP contribution in [0.25, 0.3) is 0 Å². The molecule has 1 aromatic heterocycles. The van der Waals surface area contributed by atoms with Gasteiger partial charge in [-0.2, -0.15) is 0 Å². The fraction of sp³-hybridized carbons (Fsp3) is 0.375. The van der Waals surface area contributed by atoms with E-state index in [0.29, 0.717) is 12.4 Å². The number of hydrogen-bond acceptors (Lipinski definition) is 3. The van der Waals surface area contributed by atoms with Gasteiger partial charge in [0.15, 0.2) is 0 Å². The van der Waals surface area contributed by atoms with Crippen LogP contribution in [0.1, 0.15) is 35.2 Å². The number of hydrogen-bond donors (Lipinski definition) is 1. The monoisotopic (exact) mass is 288 g/mol. The maximum absolute atomic E-state index is 12.9. The fourth-order valence-electron chi connectivity index (χ4n) is 2.47. The number of carbonyl (C=O) groups excluding carboxylic acids is 1. The van der Waals surface area contributed by atoms with Crippen LogP contribution in [0.3, 0.4) is 0 Å². The van der Waals surface area contributed by atoms with Crippen LogP contribution in [-0.2, 0) is 11.3 Å². The molecule has 1 aliphatic rings. The molecule has 1 fully saturated rings. The Morgan fingerprint density at radius 2 is 2.10 bits per heavy atom. The summed E-state index contributed by atoms with van der Waals surface area (Å²) < 4.78 is 18.3. The molecule has 0 saturated heterocycles. The maximum atomic E-state index is 12.9. The zero-order chi connectivity index (χ0) is 15.0. The third-order valence-electron chi connectivity index (χ3n) is 3.91. The van der Waals surface area contributed by atoms with Crippen LogP contribution in [0.2, 0.25) is 0 Å². The molecule has 1 heterocycles. The van der Waals surface area contributed by atoms with Crippen molar-refractivity contribution in [2.24, 2.45) is 5.92 Å². The van der Waals surface area contributed by atoms with Crippen LogP contribution in [0, 0.1) is 25.6 Å². The number of nitrogens with zero attached hydrogens (tertiary/aromatic N) is 1. The SMILES string of the molecule is Cc1nc(CNC(=O)C2CC2c2ccc(F)cc2)oc1C. The molecular weight excluding hydrogens is 271 g/mol. The van der Waals surface area contributed by atoms with E-state index in [1.54, 1.807) is 12.1 Å². The van der Waals surface area contributed by atoms with Gasteiger partial charge in [-0.1, -0.05) is 12.1 Å². The van der Waals surface area contributed by atoms with E-state index in [4.69, 9.17) is 4.42 Å². The summed E-state index contributed by atoms with van der Waals surface area (Å²) in [5.41, 5.74) is 1.86. The lowest BCUT2D eigenvalue weighted by Crippen LogP contribution is -2.25. The highest BCUT2D eigenvalue weighted by Gasteiger charge is 2.43. The number of benzene rings is 1. The minimum Gasteiger partial charge on any atom is -0.444 e. The van der Waals surface area contributed by atoms with Crippen molar-refractivity contribution in [3.05, 3.63) is 53.0 Å². The van der Waals surface area contributed by atoms with Gasteiger partial charge in [0.2, 0.25) is 11.8 Å². The van der Waals surface area contributed by atoms with E-state index >= 15 is 0 Å². The largest absolute Gasteiger partial charge is 0.444 e. The predicted octanol–water partition coefficient (Wildman–Crippen LogP) is 2.85. The molecule has 1 aromatic carbocycles. The summed E-state index contributed by atoms with van der Waals surface area (Å²) >= 11 is 0. The zero-order valence-corrected chi connectivity index (χ0v) is 12.0. The summed E-state index contributed by atoms with van der Waals surface area (Å²) in [5, 5.41) is 2.84. The lowest BCUT2D eigenvalue weighted by atomic mass is 10.1. The van der Waals surface area contributed by atoms with Gasteiger partial charge < -0.3 is 9.73 Å². The first-order valence-electron chi connectivity index (χ1n) is 7.00. The second-order valence-corrected chi connectivity index (χ2v) is 5.47. The summed E-state index contributed by atoms with van der Waals surface area (Å²) in [4.78, 5) is 16.3. The lowest BCUT2D eigenvalue weighted by molar-refractivity contribution is -0.122. The molecule has 2 atom stereocenters. The van der Waals surface area contributed by atoms with E-state index in [9.17, 15) is 9.18 Å². The number of aryl methyl sites for hydroxylation is 2. The van der Waals surface area contributed by atoms with E-state index < -0.39 is 0 Å². The molecule has 0 bridgehead atoms. The first kappa shape index (κ1) is 13.8. The highest BCUT2D eigenvalue weighted by molar-refractivity contribution is 5.82. The average molecular weight is 288 g/mol. The molecule has 110 valence electrons. The Morgan fingerprint density at radius 1 is 1.38 bits per heavy atom. The average Bonchev–Trinajstić information content (AvgIpc) is 3.19. The van der Waals surface area contributed by atoms with Gasteiger partial charge >= 0.3 is 0 Å². The van der Waals surface area contributed by atoms with Crippen molar-refractivity contribution in [2.75, 3.05) is 0 Å². The summed E-state index contributed by atoms with van der Waals surface area (Å²) in [6.07, 6.45) is 0.807. The fourth-order valence-corrected chi connectivity index (χ4v) is 2.47. The quantitative estimate of drug-likeness (QED) is 0.941. The van der Waals surface area contributed by atoms with Crippen LogP contribution in [0.15, 0.2) is 28.7 Å². The minimum atomic E-state index is -0.255. The van der Waals surface area contributed by atoms with Crippen molar-refractivity contribution in [1.82, 2.24) is 10.3 Å². The van der Waals surface area contributed by atoms with Gasteiger partial charge in [-0.15, -0.1) is 0 Å². The zero-order valence-electron chi connectivity index (χ0n) is 12.0. The van der Waals surface area contributed by atoms with Crippen molar-refractivity contribution >= 4 is 5.91 Å². The molecule has 0 radical (unpaired) electrons. The molecule has 0 spiro atoms. The number of amides is 1. The molecule has 5 heteroatoms. The van der Waals surface area contributed by atoms with Gasteiger partial charge in [0, 0.05) is 5.92 Å². The van der Waals surface area contributed by atoms with Crippen LogP contribution in [0.4, 0.5) is 4.39 Å². The van der Waals surface area contributed by atoms with Crippen LogP contribution < -0.4 is 5.32 Å². The predicted molar refractivity (Wildman–Crippen MR) is 75.1 cm³/mol. The van der Waals surface area contributed by atoms with Gasteiger partial charge in [-0.3, -0.25) is 4.79 Å². The summed E-state index contributed by atoms with van der Waals surface area (Å²) in [6, 6.07) is 6.35. The summed E-state index contributed by atoms with van der Waals surface area (Å²) in [6.45, 7) is 4.02. The Bertz CT molecular complexity index is 644. The van der Waals surface area contributed by atoms with Crippen molar-refractivity contribution in [3.8, 4) is 0 Å². The third kappa shape index (κ3) is 2.96. The smallest absolute Gasteiger partial charge is 0.224 e. The minimum absolute atomic E-state index is 0.00201. The molecule has 1 saturated carbocycles. The molecule has 21 heavy (non-hydrogen) atoms. The molecule has 1 N–H and O–H groups in total. The van der Waals surface area contributed by atoms with Crippen molar-refractivity contribution in [2.45, 2.75) is 32.7 Å². The first-order chi connectivity index (χ1) is 10.0. The van der Waals surface area contributed by atoms with E-state index in [0.717, 1.165) is 23.4 Å². The van der Waals surface area contributed by atoms with Crippen LogP contribution in [0.5, 0.6) is 0 Å². The standard InChI is InChI=1S/C16H17FN2O2/c1-9-10(2)21-15(19-9)8-18-16(20)14-7-13(14)11-3-5-12(17)6-4-11/h3-6,13-14H,7-8H2,1-2H3,(H,18,20). The number of halogens is 1. The van der Waals surface area contributed by atoms with Gasteiger partial charge in [0.25, 0.3) is 0 Å². The Hall–Kier alpha value is -2.17. The van der Waals surface area contributed by atoms with Crippen molar-refractivity contribution < 1.29 is 13.6 Å². The molecule has 4 nitrogen and oxygen atoms in total. The number of oxazole rings is 1. The van der Waals surface area contributed by atoms with Gasteiger partial charge in [-0.05, 0) is 43.9 Å². The first-order valence-corrected chi connectivity index (χ1v) is 7.00. The molecule has 1 aliphatic carbocycles. The van der Waals surface area contributed by atoms with Gasteiger partial charge in [-0.25, -0.2) is 9.37 Å². The van der Waals surface area contributed by atoms with Crippen molar-refractivity contribution in [3.63, 3.8) is 0 Å². The highest BCUT2D eigenvalue weighted by Crippen LogP contribution is 2.47. The number of aromatic nitrogens is 1. The normalized spacial score (nSPS) is 20.3. The molecule has 2 unspecified atom stereocenters. The highest BCUT2D eigenvalue weighted by atomic mass is 19.1. The Labute approximate surface area is 122 Å². The Balaban J connectivity index is 1.54. The van der Waals surface area contributed by atoms with E-state index in [-0.39, 0.29) is 23.6 Å². The maximum Gasteiger partial charge on any atom is 0.224 e. The summed E-state index contributed by atoms with van der Waals surface area (Å²) in [7, 11) is 0. The molecule has 3 rings (SSSR count). The van der Waals surface area contributed by atoms with Gasteiger partial charge in [0.1, 0.15) is 11.6 Å². The van der Waals surface area contributed by atoms with Crippen LogP contribution >= 0.6 is 0 Å². The summed E-state index contributed by atoms with van der Waals surface area (Å²) in [5.74, 6) is 1.20. The number of rotatable bonds is 4. The molecule has 1 amide bonds. The van der Waals surface area contributed by atoms with E-state index in [1.807, 2.05) is 13.8 Å². The van der Waals surface area contributed by atoms with Crippen LogP contribution in [-0.4, -0.2) is 10.9 Å². The third-order valence-corrected chi connectivity index (χ3v) is 3.91. The van der Waals surface area contributed by atoms with Gasteiger partial charge in [0.05, 0.1) is 12.2 Å².